The molecule has 10 heteroatoms. The van der Waals surface area contributed by atoms with E-state index < -0.39 is 16.1 Å². The Bertz CT molecular complexity index is 1360. The Morgan fingerprint density at radius 1 is 0.939 bits per heavy atom. The average molecular weight is 483 g/mol. The molecule has 0 aliphatic heterocycles. The minimum Gasteiger partial charge on any atom is -0.419 e. The van der Waals surface area contributed by atoms with Crippen molar-refractivity contribution in [1.82, 2.24) is 14.9 Å². The molecule has 1 amide bonds. The van der Waals surface area contributed by atoms with E-state index in [1.54, 1.807) is 24.3 Å². The van der Waals surface area contributed by atoms with Gasteiger partial charge >= 0.3 is 0 Å². The van der Waals surface area contributed by atoms with Gasteiger partial charge in [-0.25, -0.2) is 8.42 Å². The maximum Gasteiger partial charge on any atom is 0.247 e. The van der Waals surface area contributed by atoms with Crippen LogP contribution in [0.3, 0.4) is 0 Å². The van der Waals surface area contributed by atoms with Crippen LogP contribution in [0.4, 0.5) is 5.69 Å². The van der Waals surface area contributed by atoms with Crippen LogP contribution in [0.1, 0.15) is 24.4 Å². The third-order valence-corrected chi connectivity index (χ3v) is 6.36. The predicted molar refractivity (Wildman–Crippen MR) is 124 cm³/mol. The third-order valence-electron chi connectivity index (χ3n) is 4.67. The van der Waals surface area contributed by atoms with Gasteiger partial charge in [0.15, 0.2) is 0 Å². The molecule has 4 rings (SSSR count). The number of nitrogens with zero attached hydrogens (tertiary/aromatic N) is 2. The molecule has 4 aromatic rings. The van der Waals surface area contributed by atoms with Gasteiger partial charge in [0.25, 0.3) is 0 Å². The lowest BCUT2D eigenvalue weighted by Crippen LogP contribution is -2.29. The van der Waals surface area contributed by atoms with E-state index in [9.17, 15) is 13.2 Å². The van der Waals surface area contributed by atoms with Gasteiger partial charge in [-0.05, 0) is 54.1 Å². The highest BCUT2D eigenvalue weighted by Gasteiger charge is 2.27. The lowest BCUT2D eigenvalue weighted by molar-refractivity contribution is -0.114. The first-order chi connectivity index (χ1) is 15.8. The number of halogens is 1. The van der Waals surface area contributed by atoms with Gasteiger partial charge in [-0.15, -0.1) is 10.2 Å². The highest BCUT2D eigenvalue weighted by atomic mass is 35.5. The second-order valence-corrected chi connectivity index (χ2v) is 9.27. The van der Waals surface area contributed by atoms with E-state index in [0.717, 1.165) is 0 Å². The lowest BCUT2D eigenvalue weighted by Gasteiger charge is -2.16. The van der Waals surface area contributed by atoms with Crippen molar-refractivity contribution >= 4 is 33.2 Å². The summed E-state index contributed by atoms with van der Waals surface area (Å²) < 4.78 is 34.8. The largest absolute Gasteiger partial charge is 0.419 e. The van der Waals surface area contributed by atoms with Crippen molar-refractivity contribution in [3.63, 3.8) is 0 Å². The van der Waals surface area contributed by atoms with Gasteiger partial charge in [0.1, 0.15) is 6.04 Å². The van der Waals surface area contributed by atoms with E-state index in [1.165, 1.54) is 31.2 Å². The summed E-state index contributed by atoms with van der Waals surface area (Å²) >= 11 is 6.01. The summed E-state index contributed by atoms with van der Waals surface area (Å²) in [5.74, 6) is 0.0928. The van der Waals surface area contributed by atoms with Gasteiger partial charge in [0.2, 0.25) is 27.7 Å². The number of carbonyl (C=O) groups is 1. The van der Waals surface area contributed by atoms with Crippen LogP contribution in [-0.2, 0) is 14.8 Å². The van der Waals surface area contributed by atoms with Crippen molar-refractivity contribution < 1.29 is 17.6 Å². The Morgan fingerprint density at radius 3 is 2.24 bits per heavy atom. The Kier molecular flexibility index (Phi) is 6.55. The maximum absolute atomic E-state index is 13.2. The monoisotopic (exact) mass is 482 g/mol. The quantitative estimate of drug-likeness (QED) is 0.403. The number of sulfonamides is 1. The van der Waals surface area contributed by atoms with E-state index in [4.69, 9.17) is 16.0 Å². The van der Waals surface area contributed by atoms with Crippen LogP contribution < -0.4 is 10.0 Å². The molecule has 0 aliphatic rings. The number of carbonyl (C=O) groups excluding carboxylic acids is 1. The average Bonchev–Trinajstić information content (AvgIpc) is 3.29. The van der Waals surface area contributed by atoms with Crippen molar-refractivity contribution in [2.75, 3.05) is 5.32 Å². The van der Waals surface area contributed by atoms with Crippen LogP contribution in [-0.4, -0.2) is 24.5 Å². The lowest BCUT2D eigenvalue weighted by atomic mass is 10.1. The third kappa shape index (κ3) is 5.46. The first-order valence-electron chi connectivity index (χ1n) is 9.86. The molecule has 0 spiro atoms. The molecule has 0 fully saturated rings. The van der Waals surface area contributed by atoms with Crippen molar-refractivity contribution in [3.8, 4) is 11.5 Å². The highest BCUT2D eigenvalue weighted by molar-refractivity contribution is 7.89. The molecule has 2 N–H and O–H groups in total. The van der Waals surface area contributed by atoms with Crippen LogP contribution in [0.25, 0.3) is 11.5 Å². The van der Waals surface area contributed by atoms with Crippen LogP contribution in [0.5, 0.6) is 0 Å². The van der Waals surface area contributed by atoms with Crippen LogP contribution in [0.15, 0.2) is 88.2 Å². The number of benzene rings is 3. The molecule has 1 unspecified atom stereocenters. The second-order valence-electron chi connectivity index (χ2n) is 7.12. The molecule has 3 aromatic carbocycles. The number of aromatic nitrogens is 2. The van der Waals surface area contributed by atoms with E-state index in [0.29, 0.717) is 21.8 Å². The van der Waals surface area contributed by atoms with Crippen molar-refractivity contribution in [2.24, 2.45) is 0 Å². The maximum atomic E-state index is 13.2. The molecule has 168 valence electrons. The van der Waals surface area contributed by atoms with Crippen LogP contribution >= 0.6 is 11.6 Å². The summed E-state index contributed by atoms with van der Waals surface area (Å²) in [6, 6.07) is 20.7. The smallest absolute Gasteiger partial charge is 0.247 e. The summed E-state index contributed by atoms with van der Waals surface area (Å²) in [6.45, 7) is 1.37. The summed E-state index contributed by atoms with van der Waals surface area (Å²) in [5, 5.41) is 11.3. The summed E-state index contributed by atoms with van der Waals surface area (Å²) in [7, 11) is -3.99. The van der Waals surface area contributed by atoms with E-state index in [2.05, 4.69) is 20.2 Å². The molecule has 0 saturated heterocycles. The van der Waals surface area contributed by atoms with Crippen LogP contribution in [0.2, 0.25) is 5.02 Å². The minimum absolute atomic E-state index is 0.0124. The molecule has 0 radical (unpaired) electrons. The molecule has 1 aromatic heterocycles. The molecule has 0 saturated carbocycles. The van der Waals surface area contributed by atoms with E-state index in [-0.39, 0.29) is 22.6 Å². The fraction of sp³-hybridized carbons (Fsp3) is 0.0870. The summed E-state index contributed by atoms with van der Waals surface area (Å²) in [5.41, 5.74) is 1.77. The number of nitrogens with one attached hydrogen (secondary N) is 2. The first kappa shape index (κ1) is 22.7. The zero-order chi connectivity index (χ0) is 23.4. The minimum atomic E-state index is -3.99. The van der Waals surface area contributed by atoms with E-state index in [1.807, 2.05) is 30.3 Å². The molecule has 0 bridgehead atoms. The van der Waals surface area contributed by atoms with Crippen LogP contribution in [0, 0.1) is 0 Å². The Labute approximate surface area is 195 Å². The standard InChI is InChI=1S/C23H19ClN4O4S/c1-15(29)25-19-11-13-20(14-12-19)33(30,31)28-21(16-7-9-18(24)10-8-16)23-27-26-22(32-23)17-5-3-2-4-6-17/h2-14,21,28H,1H3,(H,25,29). The highest BCUT2D eigenvalue weighted by Crippen LogP contribution is 2.28. The second kappa shape index (κ2) is 9.53. The molecule has 0 aliphatic carbocycles. The normalized spacial score (nSPS) is 12.3. The van der Waals surface area contributed by atoms with Gasteiger partial charge in [-0.3, -0.25) is 4.79 Å². The van der Waals surface area contributed by atoms with Gasteiger partial charge in [0.05, 0.1) is 4.90 Å². The molecule has 1 heterocycles. The number of anilines is 1. The fourth-order valence-electron chi connectivity index (χ4n) is 3.11. The molecule has 1 atom stereocenters. The van der Waals surface area contributed by atoms with Gasteiger partial charge in [-0.2, -0.15) is 4.72 Å². The Hall–Kier alpha value is -3.53. The van der Waals surface area contributed by atoms with Crippen molar-refractivity contribution in [1.29, 1.82) is 0 Å². The zero-order valence-corrected chi connectivity index (χ0v) is 19.0. The molecule has 8 nitrogen and oxygen atoms in total. The van der Waals surface area contributed by atoms with Gasteiger partial charge in [-0.1, -0.05) is 41.9 Å². The summed E-state index contributed by atoms with van der Waals surface area (Å²) in [4.78, 5) is 11.2. The van der Waals surface area contributed by atoms with Gasteiger partial charge in [0, 0.05) is 23.2 Å². The Balaban J connectivity index is 1.68. The summed E-state index contributed by atoms with van der Waals surface area (Å²) in [6.07, 6.45) is 0. The number of hydrogen-bond acceptors (Lipinski definition) is 6. The zero-order valence-electron chi connectivity index (χ0n) is 17.4. The van der Waals surface area contributed by atoms with Gasteiger partial charge < -0.3 is 9.73 Å². The van der Waals surface area contributed by atoms with Crippen molar-refractivity contribution in [3.05, 3.63) is 95.3 Å². The fourth-order valence-corrected chi connectivity index (χ4v) is 4.41. The Morgan fingerprint density at radius 2 is 1.61 bits per heavy atom. The first-order valence-corrected chi connectivity index (χ1v) is 11.7. The topological polar surface area (TPSA) is 114 Å². The number of rotatable bonds is 7. The molecular weight excluding hydrogens is 464 g/mol. The molecule has 33 heavy (non-hydrogen) atoms. The SMILES string of the molecule is CC(=O)Nc1ccc(S(=O)(=O)NC(c2ccc(Cl)cc2)c2nnc(-c3ccccc3)o2)cc1. The number of amides is 1. The predicted octanol–water partition coefficient (Wildman–Crippen LogP) is 4.42. The molecular formula is C23H19ClN4O4S. The van der Waals surface area contributed by atoms with Crippen molar-refractivity contribution in [2.45, 2.75) is 17.9 Å². The van der Waals surface area contributed by atoms with E-state index >= 15 is 0 Å². The number of hydrogen-bond donors (Lipinski definition) is 2.